The molecule has 0 aliphatic carbocycles. The third kappa shape index (κ3) is 5.05. The fourth-order valence-electron chi connectivity index (χ4n) is 2.78. The largest absolute Gasteiger partial charge is 0.493 e. The molecular formula is C22H21BrN2O5. The molecule has 7 nitrogen and oxygen atoms in total. The maximum Gasteiger partial charge on any atom is 0.262 e. The molecule has 3 rings (SSSR count). The highest BCUT2D eigenvalue weighted by atomic mass is 79.9. The van der Waals surface area contributed by atoms with Crippen molar-refractivity contribution in [2.24, 2.45) is 0 Å². The summed E-state index contributed by atoms with van der Waals surface area (Å²) in [6.45, 7) is 3.01. The molecule has 2 aromatic rings. The molecule has 2 aromatic carbocycles. The Kier molecular flexibility index (Phi) is 7.20. The van der Waals surface area contributed by atoms with Crippen LogP contribution < -0.4 is 24.3 Å². The lowest BCUT2D eigenvalue weighted by molar-refractivity contribution is -0.117. The van der Waals surface area contributed by atoms with Gasteiger partial charge in [-0.15, -0.1) is 0 Å². The number of nitrogens with one attached hydrogen (secondary N) is 1. The number of amides is 1. The quantitative estimate of drug-likeness (QED) is 0.457. The first kappa shape index (κ1) is 21.5. The van der Waals surface area contributed by atoms with E-state index in [1.807, 2.05) is 19.1 Å². The normalized spacial score (nSPS) is 12.3. The Morgan fingerprint density at radius 2 is 2.07 bits per heavy atom. The van der Waals surface area contributed by atoms with Gasteiger partial charge in [-0.3, -0.25) is 4.79 Å². The number of benzene rings is 2. The van der Waals surface area contributed by atoms with Crippen LogP contribution in [0, 0.1) is 11.3 Å². The Morgan fingerprint density at radius 3 is 2.80 bits per heavy atom. The zero-order chi connectivity index (χ0) is 21.5. The highest BCUT2D eigenvalue weighted by molar-refractivity contribution is 9.10. The first-order valence-corrected chi connectivity index (χ1v) is 10.1. The molecule has 1 heterocycles. The summed E-state index contributed by atoms with van der Waals surface area (Å²) in [5, 5.41) is 12.2. The number of carbonyl (C=O) groups is 1. The molecule has 30 heavy (non-hydrogen) atoms. The summed E-state index contributed by atoms with van der Waals surface area (Å²) >= 11 is 3.47. The summed E-state index contributed by atoms with van der Waals surface area (Å²) in [5.74, 6) is 1.95. The zero-order valence-electron chi connectivity index (χ0n) is 16.7. The number of hydrogen-bond acceptors (Lipinski definition) is 6. The number of rotatable bonds is 8. The van der Waals surface area contributed by atoms with E-state index in [9.17, 15) is 10.1 Å². The molecule has 1 amide bonds. The van der Waals surface area contributed by atoms with Gasteiger partial charge in [-0.05, 0) is 47.9 Å². The van der Waals surface area contributed by atoms with Gasteiger partial charge in [0.05, 0.1) is 13.7 Å². The van der Waals surface area contributed by atoms with Crippen LogP contribution in [-0.2, 0) is 11.3 Å². The van der Waals surface area contributed by atoms with Crippen molar-refractivity contribution in [2.75, 3.05) is 20.5 Å². The Bertz CT molecular complexity index is 1010. The summed E-state index contributed by atoms with van der Waals surface area (Å²) in [6, 6.07) is 10.9. The first-order chi connectivity index (χ1) is 14.5. The Morgan fingerprint density at radius 1 is 1.27 bits per heavy atom. The van der Waals surface area contributed by atoms with Crippen LogP contribution in [0.15, 0.2) is 40.4 Å². The van der Waals surface area contributed by atoms with Crippen molar-refractivity contribution in [2.45, 2.75) is 19.9 Å². The summed E-state index contributed by atoms with van der Waals surface area (Å²) in [7, 11) is 1.54. The second kappa shape index (κ2) is 10.0. The van der Waals surface area contributed by atoms with Crippen LogP contribution >= 0.6 is 15.9 Å². The van der Waals surface area contributed by atoms with Crippen LogP contribution in [0.2, 0.25) is 0 Å². The van der Waals surface area contributed by atoms with E-state index in [0.717, 1.165) is 12.0 Å². The van der Waals surface area contributed by atoms with E-state index in [2.05, 4.69) is 21.2 Å². The molecule has 0 saturated carbocycles. The van der Waals surface area contributed by atoms with E-state index >= 15 is 0 Å². The Labute approximate surface area is 183 Å². The maximum atomic E-state index is 12.5. The van der Waals surface area contributed by atoms with Gasteiger partial charge in [-0.2, -0.15) is 5.26 Å². The van der Waals surface area contributed by atoms with E-state index in [1.165, 1.54) is 6.08 Å². The highest BCUT2D eigenvalue weighted by Gasteiger charge is 2.15. The van der Waals surface area contributed by atoms with Gasteiger partial charge in [0.1, 0.15) is 11.6 Å². The second-order valence-corrected chi connectivity index (χ2v) is 7.27. The summed E-state index contributed by atoms with van der Waals surface area (Å²) < 4.78 is 22.3. The minimum absolute atomic E-state index is 0.0271. The lowest BCUT2D eigenvalue weighted by atomic mass is 10.1. The molecule has 1 aliphatic rings. The van der Waals surface area contributed by atoms with E-state index in [4.69, 9.17) is 18.9 Å². The number of halogens is 1. The first-order valence-electron chi connectivity index (χ1n) is 9.34. The third-order valence-corrected chi connectivity index (χ3v) is 4.99. The molecule has 0 bridgehead atoms. The van der Waals surface area contributed by atoms with Gasteiger partial charge < -0.3 is 24.3 Å². The molecular weight excluding hydrogens is 452 g/mol. The van der Waals surface area contributed by atoms with Crippen LogP contribution in [0.1, 0.15) is 24.5 Å². The van der Waals surface area contributed by atoms with Crippen LogP contribution in [0.3, 0.4) is 0 Å². The minimum atomic E-state index is -0.479. The second-order valence-electron chi connectivity index (χ2n) is 6.41. The predicted octanol–water partition coefficient (Wildman–Crippen LogP) is 4.20. The minimum Gasteiger partial charge on any atom is -0.493 e. The lowest BCUT2D eigenvalue weighted by Crippen LogP contribution is -2.23. The van der Waals surface area contributed by atoms with E-state index in [-0.39, 0.29) is 18.9 Å². The Hall–Kier alpha value is -3.18. The van der Waals surface area contributed by atoms with Crippen molar-refractivity contribution >= 4 is 27.9 Å². The van der Waals surface area contributed by atoms with Gasteiger partial charge in [0.15, 0.2) is 23.0 Å². The predicted molar refractivity (Wildman–Crippen MR) is 114 cm³/mol. The van der Waals surface area contributed by atoms with Gasteiger partial charge in [0, 0.05) is 11.0 Å². The third-order valence-electron chi connectivity index (χ3n) is 4.30. The van der Waals surface area contributed by atoms with E-state index in [0.29, 0.717) is 39.6 Å². The highest BCUT2D eigenvalue weighted by Crippen LogP contribution is 2.35. The van der Waals surface area contributed by atoms with Crippen molar-refractivity contribution in [3.05, 3.63) is 51.5 Å². The summed E-state index contributed by atoms with van der Waals surface area (Å²) in [6.07, 6.45) is 2.37. The van der Waals surface area contributed by atoms with Crippen LogP contribution in [0.5, 0.6) is 23.0 Å². The van der Waals surface area contributed by atoms with Crippen LogP contribution in [0.25, 0.3) is 6.08 Å². The van der Waals surface area contributed by atoms with Crippen molar-refractivity contribution in [3.63, 3.8) is 0 Å². The van der Waals surface area contributed by atoms with E-state index < -0.39 is 5.91 Å². The fourth-order valence-corrected chi connectivity index (χ4v) is 3.22. The average Bonchev–Trinajstić information content (AvgIpc) is 3.23. The molecule has 0 atom stereocenters. The maximum absolute atomic E-state index is 12.5. The number of ether oxygens (including phenoxy) is 4. The SMILES string of the molecule is CCCOc1cc(Br)c(C=C(C#N)C(=O)NCc2ccc3c(c2)OCO3)cc1OC. The molecule has 8 heteroatoms. The molecule has 0 spiro atoms. The molecule has 1 aliphatic heterocycles. The van der Waals surface area contributed by atoms with Gasteiger partial charge in [0.25, 0.3) is 5.91 Å². The molecule has 0 unspecified atom stereocenters. The van der Waals surface area contributed by atoms with Gasteiger partial charge >= 0.3 is 0 Å². The molecule has 0 saturated heterocycles. The average molecular weight is 473 g/mol. The number of nitrogens with zero attached hydrogens (tertiary/aromatic N) is 1. The standard InChI is InChI=1S/C22H21BrN2O5/c1-3-6-28-21-10-17(23)15(9-19(21)27-2)8-16(11-24)22(26)25-12-14-4-5-18-20(7-14)30-13-29-18/h4-5,7-10H,3,6,12-13H2,1-2H3,(H,25,26). The van der Waals surface area contributed by atoms with Gasteiger partial charge in [-0.1, -0.05) is 28.9 Å². The van der Waals surface area contributed by atoms with Crippen molar-refractivity contribution in [1.82, 2.24) is 5.32 Å². The van der Waals surface area contributed by atoms with Crippen molar-refractivity contribution in [3.8, 4) is 29.1 Å². The lowest BCUT2D eigenvalue weighted by Gasteiger charge is -2.12. The monoisotopic (exact) mass is 472 g/mol. The van der Waals surface area contributed by atoms with Crippen LogP contribution in [-0.4, -0.2) is 26.4 Å². The molecule has 156 valence electrons. The van der Waals surface area contributed by atoms with Crippen LogP contribution in [0.4, 0.5) is 0 Å². The smallest absolute Gasteiger partial charge is 0.262 e. The van der Waals surface area contributed by atoms with Gasteiger partial charge in [-0.25, -0.2) is 0 Å². The topological polar surface area (TPSA) is 89.8 Å². The Balaban J connectivity index is 1.74. The molecule has 0 fully saturated rings. The van der Waals surface area contributed by atoms with Crippen molar-refractivity contribution in [1.29, 1.82) is 5.26 Å². The van der Waals surface area contributed by atoms with Crippen molar-refractivity contribution < 1.29 is 23.7 Å². The summed E-state index contributed by atoms with van der Waals surface area (Å²) in [5.41, 5.74) is 1.44. The number of methoxy groups -OCH3 is 1. The number of hydrogen-bond donors (Lipinski definition) is 1. The zero-order valence-corrected chi connectivity index (χ0v) is 18.2. The number of nitriles is 1. The fraction of sp³-hybridized carbons (Fsp3) is 0.273. The van der Waals surface area contributed by atoms with Gasteiger partial charge in [0.2, 0.25) is 6.79 Å². The summed E-state index contributed by atoms with van der Waals surface area (Å²) in [4.78, 5) is 12.5. The van der Waals surface area contributed by atoms with E-state index in [1.54, 1.807) is 31.4 Å². The number of fused-ring (bicyclic) bond motifs is 1. The number of carbonyl (C=O) groups excluding carboxylic acids is 1. The molecule has 0 radical (unpaired) electrons. The molecule has 1 N–H and O–H groups in total. The molecule has 0 aromatic heterocycles.